The summed E-state index contributed by atoms with van der Waals surface area (Å²) in [7, 11) is 1.63. The Morgan fingerprint density at radius 2 is 1.80 bits per heavy atom. The molecule has 0 aliphatic carbocycles. The van der Waals surface area contributed by atoms with Crippen LogP contribution >= 0.6 is 0 Å². The average molecular weight is 270 g/mol. The van der Waals surface area contributed by atoms with Gasteiger partial charge in [-0.3, -0.25) is 9.59 Å². The monoisotopic (exact) mass is 270 g/mol. The third-order valence-corrected chi connectivity index (χ3v) is 3.58. The molecular weight excluding hydrogens is 252 g/mol. The van der Waals surface area contributed by atoms with Gasteiger partial charge in [-0.15, -0.1) is 0 Å². The summed E-state index contributed by atoms with van der Waals surface area (Å²) in [4.78, 5) is 23.2. The molecule has 0 N–H and O–H groups in total. The fourth-order valence-electron chi connectivity index (χ4n) is 2.43. The summed E-state index contributed by atoms with van der Waals surface area (Å²) in [6, 6.07) is 11.7. The Hall–Kier alpha value is -2.16. The molecule has 104 valence electrons. The summed E-state index contributed by atoms with van der Waals surface area (Å²) in [6.07, 6.45) is 0.453. The first-order chi connectivity index (χ1) is 9.52. The standard InChI is InChI=1S/C17H18O3/c1-11(18)17(12(2)19)10-14-6-4-5-13-9-15(20-3)7-8-16(13)14/h4-9,17H,10H2,1-3H3. The van der Waals surface area contributed by atoms with Crippen LogP contribution in [0.5, 0.6) is 5.75 Å². The van der Waals surface area contributed by atoms with Gasteiger partial charge in [-0.2, -0.15) is 0 Å². The normalized spacial score (nSPS) is 10.8. The van der Waals surface area contributed by atoms with Crippen LogP contribution in [0.15, 0.2) is 36.4 Å². The summed E-state index contributed by atoms with van der Waals surface area (Å²) in [6.45, 7) is 2.94. The molecule has 0 bridgehead atoms. The number of ether oxygens (including phenoxy) is 1. The van der Waals surface area contributed by atoms with E-state index in [1.54, 1.807) is 7.11 Å². The zero-order valence-corrected chi connectivity index (χ0v) is 12.0. The van der Waals surface area contributed by atoms with E-state index in [0.717, 1.165) is 22.1 Å². The molecule has 0 saturated heterocycles. The molecule has 2 rings (SSSR count). The highest BCUT2D eigenvalue weighted by molar-refractivity contribution is 6.01. The van der Waals surface area contributed by atoms with Gasteiger partial charge in [0.2, 0.25) is 0 Å². The molecule has 0 spiro atoms. The number of hydrogen-bond donors (Lipinski definition) is 0. The molecule has 2 aromatic carbocycles. The van der Waals surface area contributed by atoms with Crippen molar-refractivity contribution in [2.75, 3.05) is 7.11 Å². The van der Waals surface area contributed by atoms with Crippen LogP contribution in [0.1, 0.15) is 19.4 Å². The average Bonchev–Trinajstić information content (AvgIpc) is 2.43. The zero-order valence-electron chi connectivity index (χ0n) is 12.0. The molecule has 0 saturated carbocycles. The second-order valence-electron chi connectivity index (χ2n) is 4.98. The van der Waals surface area contributed by atoms with Gasteiger partial charge in [0.1, 0.15) is 17.3 Å². The van der Waals surface area contributed by atoms with Crippen LogP contribution in [0, 0.1) is 5.92 Å². The largest absolute Gasteiger partial charge is 0.497 e. The Morgan fingerprint density at radius 3 is 2.40 bits per heavy atom. The van der Waals surface area contributed by atoms with Crippen molar-refractivity contribution in [3.63, 3.8) is 0 Å². The SMILES string of the molecule is COc1ccc2c(CC(C(C)=O)C(C)=O)cccc2c1. The van der Waals surface area contributed by atoms with Crippen LogP contribution in [0.2, 0.25) is 0 Å². The van der Waals surface area contributed by atoms with E-state index < -0.39 is 5.92 Å². The summed E-state index contributed by atoms with van der Waals surface area (Å²) in [5.41, 5.74) is 1.01. The molecule has 3 nitrogen and oxygen atoms in total. The lowest BCUT2D eigenvalue weighted by Gasteiger charge is -2.13. The maximum Gasteiger partial charge on any atom is 0.140 e. The third kappa shape index (κ3) is 2.87. The van der Waals surface area contributed by atoms with Crippen LogP contribution in [0.4, 0.5) is 0 Å². The predicted molar refractivity (Wildman–Crippen MR) is 79.1 cm³/mol. The molecule has 0 fully saturated rings. The third-order valence-electron chi connectivity index (χ3n) is 3.58. The molecule has 0 aliphatic rings. The quantitative estimate of drug-likeness (QED) is 0.784. The summed E-state index contributed by atoms with van der Waals surface area (Å²) in [5, 5.41) is 2.11. The van der Waals surface area contributed by atoms with E-state index in [2.05, 4.69) is 0 Å². The molecule has 0 unspecified atom stereocenters. The van der Waals surface area contributed by atoms with E-state index in [-0.39, 0.29) is 11.6 Å². The van der Waals surface area contributed by atoms with Gasteiger partial charge in [0.15, 0.2) is 0 Å². The van der Waals surface area contributed by atoms with E-state index in [4.69, 9.17) is 4.74 Å². The Balaban J connectivity index is 2.44. The van der Waals surface area contributed by atoms with Gasteiger partial charge in [0.25, 0.3) is 0 Å². The lowest BCUT2D eigenvalue weighted by atomic mass is 9.90. The van der Waals surface area contributed by atoms with Crippen LogP contribution in [-0.4, -0.2) is 18.7 Å². The molecule has 3 heteroatoms. The lowest BCUT2D eigenvalue weighted by molar-refractivity contribution is -0.130. The smallest absolute Gasteiger partial charge is 0.140 e. The van der Waals surface area contributed by atoms with Crippen molar-refractivity contribution >= 4 is 22.3 Å². The number of carbonyl (C=O) groups excluding carboxylic acids is 2. The first-order valence-corrected chi connectivity index (χ1v) is 6.59. The highest BCUT2D eigenvalue weighted by Gasteiger charge is 2.20. The summed E-state index contributed by atoms with van der Waals surface area (Å²) in [5.74, 6) is 0.0815. The van der Waals surface area contributed by atoms with Crippen molar-refractivity contribution in [1.82, 2.24) is 0 Å². The van der Waals surface area contributed by atoms with Gasteiger partial charge in [-0.25, -0.2) is 0 Å². The number of methoxy groups -OCH3 is 1. The second kappa shape index (κ2) is 5.87. The minimum atomic E-state index is -0.553. The maximum atomic E-state index is 11.6. The topological polar surface area (TPSA) is 43.4 Å². The number of Topliss-reactive ketones (excluding diaryl/α,β-unsaturated/α-hetero) is 2. The van der Waals surface area contributed by atoms with Crippen molar-refractivity contribution in [3.8, 4) is 5.75 Å². The lowest BCUT2D eigenvalue weighted by Crippen LogP contribution is -2.21. The molecule has 0 heterocycles. The summed E-state index contributed by atoms with van der Waals surface area (Å²) >= 11 is 0. The van der Waals surface area contributed by atoms with Gasteiger partial charge in [-0.05, 0) is 48.7 Å². The number of carbonyl (C=O) groups is 2. The van der Waals surface area contributed by atoms with Crippen LogP contribution in [0.3, 0.4) is 0 Å². The molecule has 20 heavy (non-hydrogen) atoms. The van der Waals surface area contributed by atoms with Crippen LogP contribution in [0.25, 0.3) is 10.8 Å². The van der Waals surface area contributed by atoms with E-state index in [1.807, 2.05) is 36.4 Å². The van der Waals surface area contributed by atoms with E-state index in [9.17, 15) is 9.59 Å². The fourth-order valence-corrected chi connectivity index (χ4v) is 2.43. The second-order valence-corrected chi connectivity index (χ2v) is 4.98. The van der Waals surface area contributed by atoms with E-state index in [0.29, 0.717) is 6.42 Å². The Labute approximate surface area is 118 Å². The number of rotatable bonds is 5. The molecule has 0 aliphatic heterocycles. The first-order valence-electron chi connectivity index (χ1n) is 6.59. The number of hydrogen-bond acceptors (Lipinski definition) is 3. The molecule has 0 aromatic heterocycles. The van der Waals surface area contributed by atoms with Crippen molar-refractivity contribution in [3.05, 3.63) is 42.0 Å². The molecule has 0 amide bonds. The van der Waals surface area contributed by atoms with E-state index in [1.165, 1.54) is 13.8 Å². The van der Waals surface area contributed by atoms with Gasteiger partial charge in [0.05, 0.1) is 13.0 Å². The van der Waals surface area contributed by atoms with Crippen molar-refractivity contribution < 1.29 is 14.3 Å². The molecule has 0 radical (unpaired) electrons. The minimum Gasteiger partial charge on any atom is -0.497 e. The van der Waals surface area contributed by atoms with Gasteiger partial charge in [0, 0.05) is 0 Å². The van der Waals surface area contributed by atoms with Crippen molar-refractivity contribution in [2.45, 2.75) is 20.3 Å². The predicted octanol–water partition coefficient (Wildman–Crippen LogP) is 3.19. The Bertz CT molecular complexity index is 644. The van der Waals surface area contributed by atoms with Crippen LogP contribution < -0.4 is 4.74 Å². The Morgan fingerprint density at radius 1 is 1.10 bits per heavy atom. The zero-order chi connectivity index (χ0) is 14.7. The summed E-state index contributed by atoms with van der Waals surface area (Å²) < 4.78 is 5.21. The highest BCUT2D eigenvalue weighted by atomic mass is 16.5. The van der Waals surface area contributed by atoms with Gasteiger partial charge >= 0.3 is 0 Å². The molecular formula is C17H18O3. The first kappa shape index (κ1) is 14.3. The van der Waals surface area contributed by atoms with Crippen molar-refractivity contribution in [2.24, 2.45) is 5.92 Å². The Kier molecular flexibility index (Phi) is 4.18. The maximum absolute atomic E-state index is 11.6. The van der Waals surface area contributed by atoms with Crippen LogP contribution in [-0.2, 0) is 16.0 Å². The van der Waals surface area contributed by atoms with Gasteiger partial charge < -0.3 is 4.74 Å². The number of benzene rings is 2. The van der Waals surface area contributed by atoms with Crippen molar-refractivity contribution in [1.29, 1.82) is 0 Å². The minimum absolute atomic E-state index is 0.0805. The highest BCUT2D eigenvalue weighted by Crippen LogP contribution is 2.25. The number of ketones is 2. The number of fused-ring (bicyclic) bond motifs is 1. The fraction of sp³-hybridized carbons (Fsp3) is 0.294. The van der Waals surface area contributed by atoms with E-state index >= 15 is 0 Å². The molecule has 2 aromatic rings. The van der Waals surface area contributed by atoms with Gasteiger partial charge in [-0.1, -0.05) is 24.3 Å². The molecule has 0 atom stereocenters.